The number of rotatable bonds is 6. The van der Waals surface area contributed by atoms with E-state index in [0.29, 0.717) is 23.6 Å². The third kappa shape index (κ3) is 3.68. The molecule has 0 amide bonds. The van der Waals surface area contributed by atoms with E-state index in [1.807, 2.05) is 66.7 Å². The standard InChI is InChI=1S/C31H28N2O4/c1-3-33(4-2)22-12-15-26-29(18-22)36-28-16-11-21(32-19-20-9-13-23(34)14-10-20)17-27(28)31(26)25-8-6-5-7-24(25)30(35)37-31/h5-18,32,34H,3-4,19H2,1-2H3. The fourth-order valence-electron chi connectivity index (χ4n) is 5.37. The molecule has 1 spiro atoms. The highest BCUT2D eigenvalue weighted by atomic mass is 16.6. The van der Waals surface area contributed by atoms with Gasteiger partial charge in [-0.05, 0) is 67.9 Å². The molecule has 6 heteroatoms. The minimum Gasteiger partial charge on any atom is -0.508 e. The lowest BCUT2D eigenvalue weighted by molar-refractivity contribution is 0.0224. The minimum absolute atomic E-state index is 0.237. The summed E-state index contributed by atoms with van der Waals surface area (Å²) in [6.45, 7) is 6.59. The van der Waals surface area contributed by atoms with Gasteiger partial charge in [0.15, 0.2) is 5.60 Å². The van der Waals surface area contributed by atoms with Crippen LogP contribution in [0.3, 0.4) is 0 Å². The Balaban J connectivity index is 1.47. The van der Waals surface area contributed by atoms with E-state index in [1.165, 1.54) is 0 Å². The Labute approximate surface area is 216 Å². The van der Waals surface area contributed by atoms with Gasteiger partial charge >= 0.3 is 5.97 Å². The normalized spacial score (nSPS) is 16.9. The molecule has 1 atom stereocenters. The molecule has 1 unspecified atom stereocenters. The van der Waals surface area contributed by atoms with Crippen LogP contribution in [0.1, 0.15) is 46.5 Å². The molecule has 0 aromatic heterocycles. The molecule has 4 aromatic carbocycles. The number of carbonyl (C=O) groups is 1. The van der Waals surface area contributed by atoms with Gasteiger partial charge in [-0.1, -0.05) is 30.3 Å². The third-order valence-electron chi connectivity index (χ3n) is 7.26. The van der Waals surface area contributed by atoms with Gasteiger partial charge in [-0.3, -0.25) is 0 Å². The van der Waals surface area contributed by atoms with Crippen molar-refractivity contribution in [2.45, 2.75) is 26.0 Å². The second-order valence-corrected chi connectivity index (χ2v) is 9.30. The molecule has 0 fully saturated rings. The maximum Gasteiger partial charge on any atom is 0.340 e. The predicted molar refractivity (Wildman–Crippen MR) is 144 cm³/mol. The maximum atomic E-state index is 13.1. The maximum absolute atomic E-state index is 13.1. The Morgan fingerprint density at radius 3 is 2.41 bits per heavy atom. The van der Waals surface area contributed by atoms with Crippen LogP contribution in [0, 0.1) is 0 Å². The molecule has 0 aliphatic carbocycles. The molecule has 6 nitrogen and oxygen atoms in total. The van der Waals surface area contributed by atoms with Gasteiger partial charge in [0.2, 0.25) is 0 Å². The summed E-state index contributed by atoms with van der Waals surface area (Å²) in [4.78, 5) is 15.4. The van der Waals surface area contributed by atoms with Crippen LogP contribution in [0.5, 0.6) is 17.2 Å². The number of nitrogens with one attached hydrogen (secondary N) is 1. The number of carbonyl (C=O) groups excluding carboxylic acids is 1. The van der Waals surface area contributed by atoms with E-state index in [9.17, 15) is 9.90 Å². The Morgan fingerprint density at radius 2 is 1.62 bits per heavy atom. The summed E-state index contributed by atoms with van der Waals surface area (Å²) in [5.41, 5.74) is 4.84. The van der Waals surface area contributed by atoms with Crippen molar-refractivity contribution >= 4 is 17.3 Å². The van der Waals surface area contributed by atoms with Gasteiger partial charge < -0.3 is 24.8 Å². The number of esters is 1. The lowest BCUT2D eigenvalue weighted by atomic mass is 9.77. The highest BCUT2D eigenvalue weighted by Crippen LogP contribution is 2.57. The summed E-state index contributed by atoms with van der Waals surface area (Å²) in [6, 6.07) is 26.7. The predicted octanol–water partition coefficient (Wildman–Crippen LogP) is 6.42. The van der Waals surface area contributed by atoms with Crippen molar-refractivity contribution in [2.75, 3.05) is 23.3 Å². The largest absolute Gasteiger partial charge is 0.508 e. The highest BCUT2D eigenvalue weighted by molar-refractivity contribution is 5.97. The smallest absolute Gasteiger partial charge is 0.340 e. The summed E-state index contributed by atoms with van der Waals surface area (Å²) >= 11 is 0. The molecular weight excluding hydrogens is 464 g/mol. The Hall–Kier alpha value is -4.45. The van der Waals surface area contributed by atoms with Gasteiger partial charge in [0.1, 0.15) is 17.2 Å². The van der Waals surface area contributed by atoms with Crippen molar-refractivity contribution in [1.29, 1.82) is 0 Å². The van der Waals surface area contributed by atoms with E-state index >= 15 is 0 Å². The van der Waals surface area contributed by atoms with E-state index in [4.69, 9.17) is 9.47 Å². The van der Waals surface area contributed by atoms with Crippen LogP contribution in [0.4, 0.5) is 11.4 Å². The number of benzene rings is 4. The summed E-state index contributed by atoms with van der Waals surface area (Å²) in [5.74, 6) is 1.24. The first-order valence-corrected chi connectivity index (χ1v) is 12.6. The molecule has 6 rings (SSSR count). The number of fused-ring (bicyclic) bond motifs is 6. The number of nitrogens with zero attached hydrogens (tertiary/aromatic N) is 1. The molecule has 0 saturated carbocycles. The molecular formula is C31H28N2O4. The van der Waals surface area contributed by atoms with Crippen LogP contribution < -0.4 is 15.0 Å². The Kier molecular flexibility index (Phi) is 5.52. The lowest BCUT2D eigenvalue weighted by Crippen LogP contribution is -2.33. The van der Waals surface area contributed by atoms with Crippen molar-refractivity contribution in [1.82, 2.24) is 0 Å². The molecule has 2 heterocycles. The molecule has 37 heavy (non-hydrogen) atoms. The molecule has 2 aliphatic heterocycles. The quantitative estimate of drug-likeness (QED) is 0.303. The van der Waals surface area contributed by atoms with Crippen molar-refractivity contribution < 1.29 is 19.4 Å². The Morgan fingerprint density at radius 1 is 0.838 bits per heavy atom. The lowest BCUT2D eigenvalue weighted by Gasteiger charge is -2.37. The zero-order chi connectivity index (χ0) is 25.6. The summed E-state index contributed by atoms with van der Waals surface area (Å²) in [5, 5.41) is 13.0. The van der Waals surface area contributed by atoms with Crippen molar-refractivity contribution in [3.63, 3.8) is 0 Å². The van der Waals surface area contributed by atoms with E-state index in [0.717, 1.165) is 46.7 Å². The Bertz CT molecular complexity index is 1490. The van der Waals surface area contributed by atoms with Crippen LogP contribution >= 0.6 is 0 Å². The molecule has 0 bridgehead atoms. The molecule has 4 aromatic rings. The number of aromatic hydroxyl groups is 1. The fraction of sp³-hybridized carbons (Fsp3) is 0.194. The van der Waals surface area contributed by atoms with Crippen LogP contribution in [-0.4, -0.2) is 24.2 Å². The number of phenols is 1. The van der Waals surface area contributed by atoms with Crippen molar-refractivity contribution in [3.8, 4) is 17.2 Å². The number of ether oxygens (including phenoxy) is 2. The zero-order valence-corrected chi connectivity index (χ0v) is 20.8. The van der Waals surface area contributed by atoms with Crippen LogP contribution in [0.25, 0.3) is 0 Å². The minimum atomic E-state index is -1.10. The van der Waals surface area contributed by atoms with Gasteiger partial charge in [0, 0.05) is 53.8 Å². The van der Waals surface area contributed by atoms with Gasteiger partial charge in [0.05, 0.1) is 5.56 Å². The van der Waals surface area contributed by atoms with E-state index in [1.54, 1.807) is 12.1 Å². The second kappa shape index (κ2) is 8.89. The summed E-state index contributed by atoms with van der Waals surface area (Å²) < 4.78 is 12.8. The molecule has 2 N–H and O–H groups in total. The monoisotopic (exact) mass is 492 g/mol. The fourth-order valence-corrected chi connectivity index (χ4v) is 5.37. The summed E-state index contributed by atoms with van der Waals surface area (Å²) in [6.07, 6.45) is 0. The average molecular weight is 493 g/mol. The van der Waals surface area contributed by atoms with Crippen LogP contribution in [-0.2, 0) is 16.9 Å². The van der Waals surface area contributed by atoms with E-state index in [2.05, 4.69) is 30.1 Å². The number of anilines is 2. The van der Waals surface area contributed by atoms with Gasteiger partial charge in [-0.25, -0.2) is 4.79 Å². The van der Waals surface area contributed by atoms with E-state index < -0.39 is 5.60 Å². The molecule has 2 aliphatic rings. The highest BCUT2D eigenvalue weighted by Gasteiger charge is 2.53. The van der Waals surface area contributed by atoms with Gasteiger partial charge in [-0.15, -0.1) is 0 Å². The van der Waals surface area contributed by atoms with Gasteiger partial charge in [-0.2, -0.15) is 0 Å². The molecule has 0 saturated heterocycles. The first-order chi connectivity index (χ1) is 18.0. The summed E-state index contributed by atoms with van der Waals surface area (Å²) in [7, 11) is 0. The van der Waals surface area contributed by atoms with Crippen LogP contribution in [0.2, 0.25) is 0 Å². The van der Waals surface area contributed by atoms with Crippen LogP contribution in [0.15, 0.2) is 84.9 Å². The number of phenolic OH excluding ortho intramolecular Hbond substituents is 1. The first-order valence-electron chi connectivity index (χ1n) is 12.6. The van der Waals surface area contributed by atoms with Crippen molar-refractivity contribution in [2.24, 2.45) is 0 Å². The van der Waals surface area contributed by atoms with Gasteiger partial charge in [0.25, 0.3) is 0 Å². The van der Waals surface area contributed by atoms with E-state index in [-0.39, 0.29) is 11.7 Å². The average Bonchev–Trinajstić information content (AvgIpc) is 3.22. The number of hydrogen-bond acceptors (Lipinski definition) is 6. The van der Waals surface area contributed by atoms with Crippen molar-refractivity contribution in [3.05, 3.63) is 113 Å². The second-order valence-electron chi connectivity index (χ2n) is 9.30. The molecule has 186 valence electrons. The zero-order valence-electron chi connectivity index (χ0n) is 20.8. The molecule has 0 radical (unpaired) electrons. The SMILES string of the molecule is CCN(CC)c1ccc2c(c1)Oc1ccc(NCc3ccc(O)cc3)cc1C21OC(=O)c2ccccc21. The first kappa shape index (κ1) is 23.0. The topological polar surface area (TPSA) is 71.0 Å². The number of hydrogen-bond donors (Lipinski definition) is 2. The third-order valence-corrected chi connectivity index (χ3v) is 7.26.